The minimum atomic E-state index is -1.16. The predicted octanol–water partition coefficient (Wildman–Crippen LogP) is 2.77. The molecule has 0 aromatic heterocycles. The first-order valence-corrected chi connectivity index (χ1v) is 9.58. The van der Waals surface area contributed by atoms with E-state index in [1.54, 1.807) is 20.8 Å². The first-order valence-electron chi connectivity index (χ1n) is 9.58. The second-order valence-corrected chi connectivity index (χ2v) is 7.54. The monoisotopic (exact) mass is 404 g/mol. The maximum absolute atomic E-state index is 11.7. The van der Waals surface area contributed by atoms with Gasteiger partial charge in [-0.05, 0) is 37.5 Å². The molecule has 0 amide bonds. The number of allylic oxidation sites excluding steroid dienone is 2. The summed E-state index contributed by atoms with van der Waals surface area (Å²) < 4.78 is 11.6. The Morgan fingerprint density at radius 2 is 1.34 bits per heavy atom. The van der Waals surface area contributed by atoms with Crippen molar-refractivity contribution in [3.63, 3.8) is 0 Å². The third kappa shape index (κ3) is 9.76. The van der Waals surface area contributed by atoms with Crippen LogP contribution in [0.1, 0.15) is 39.2 Å². The second-order valence-electron chi connectivity index (χ2n) is 7.54. The Balaban J connectivity index is 2.75. The molecule has 2 unspecified atom stereocenters. The largest absolute Gasteiger partial charge is 0.390 e. The van der Waals surface area contributed by atoms with E-state index in [1.165, 1.54) is 0 Å². The van der Waals surface area contributed by atoms with Gasteiger partial charge in [-0.3, -0.25) is 9.59 Å². The summed E-state index contributed by atoms with van der Waals surface area (Å²) in [5, 5.41) is 20.2. The molecule has 0 spiro atoms. The molecule has 0 radical (unpaired) electrons. The zero-order valence-corrected chi connectivity index (χ0v) is 17.5. The molecule has 6 heteroatoms. The van der Waals surface area contributed by atoms with E-state index in [-0.39, 0.29) is 37.6 Å². The number of ketones is 2. The highest BCUT2D eigenvalue weighted by molar-refractivity contribution is 5.94. The van der Waals surface area contributed by atoms with Crippen molar-refractivity contribution >= 4 is 11.6 Å². The highest BCUT2D eigenvalue weighted by atomic mass is 16.7. The number of carbonyl (C=O) groups is 2. The number of rotatable bonds is 14. The summed E-state index contributed by atoms with van der Waals surface area (Å²) >= 11 is 0. The van der Waals surface area contributed by atoms with Crippen LogP contribution in [-0.4, -0.2) is 53.0 Å². The summed E-state index contributed by atoms with van der Waals surface area (Å²) in [6, 6.07) is 9.48. The Bertz CT molecular complexity index is 671. The number of ether oxygens (including phenoxy) is 2. The third-order valence-electron chi connectivity index (χ3n) is 4.32. The van der Waals surface area contributed by atoms with Crippen LogP contribution in [0.4, 0.5) is 0 Å². The number of aliphatic hydroxyl groups excluding tert-OH is 2. The van der Waals surface area contributed by atoms with Gasteiger partial charge in [-0.2, -0.15) is 0 Å². The fourth-order valence-electron chi connectivity index (χ4n) is 2.55. The summed E-state index contributed by atoms with van der Waals surface area (Å²) in [7, 11) is 0. The van der Waals surface area contributed by atoms with Gasteiger partial charge in [0.25, 0.3) is 0 Å². The van der Waals surface area contributed by atoms with Gasteiger partial charge in [0.15, 0.2) is 17.4 Å². The minimum absolute atomic E-state index is 0.0908. The van der Waals surface area contributed by atoms with Crippen molar-refractivity contribution in [3.05, 3.63) is 60.2 Å². The van der Waals surface area contributed by atoms with Crippen LogP contribution in [-0.2, 0) is 25.5 Å². The molecule has 0 aliphatic rings. The van der Waals surface area contributed by atoms with Crippen LogP contribution in [0.2, 0.25) is 0 Å². The molecule has 1 aromatic rings. The van der Waals surface area contributed by atoms with Crippen LogP contribution >= 0.6 is 0 Å². The van der Waals surface area contributed by atoms with Crippen molar-refractivity contribution in [3.8, 4) is 0 Å². The first-order chi connectivity index (χ1) is 13.5. The molecule has 6 nitrogen and oxygen atoms in total. The van der Waals surface area contributed by atoms with Crippen LogP contribution < -0.4 is 0 Å². The summed E-state index contributed by atoms with van der Waals surface area (Å²) in [6.45, 7) is 11.8. The maximum Gasteiger partial charge on any atom is 0.169 e. The number of hydrogen-bond acceptors (Lipinski definition) is 6. The molecule has 2 N–H and O–H groups in total. The normalized spacial score (nSPS) is 15.2. The van der Waals surface area contributed by atoms with Crippen molar-refractivity contribution in [2.75, 3.05) is 13.2 Å². The third-order valence-corrected chi connectivity index (χ3v) is 4.32. The molecule has 160 valence electrons. The Morgan fingerprint density at radius 1 is 0.931 bits per heavy atom. The SMILES string of the molecule is C=C(C)C(=O)CC(O)COC(C)(Cc1ccccc1)OCC(O)CC(=O)C(=C)C. The lowest BCUT2D eigenvalue weighted by atomic mass is 10.1. The molecule has 0 aliphatic carbocycles. The molecule has 1 rings (SSSR count). The molecule has 0 fully saturated rings. The topological polar surface area (TPSA) is 93.1 Å². The summed E-state index contributed by atoms with van der Waals surface area (Å²) in [5.74, 6) is -1.64. The highest BCUT2D eigenvalue weighted by Crippen LogP contribution is 2.21. The van der Waals surface area contributed by atoms with E-state index in [0.29, 0.717) is 17.6 Å². The van der Waals surface area contributed by atoms with Crippen molar-refractivity contribution < 1.29 is 29.3 Å². The van der Waals surface area contributed by atoms with E-state index in [9.17, 15) is 19.8 Å². The van der Waals surface area contributed by atoms with E-state index in [2.05, 4.69) is 13.2 Å². The molecule has 0 bridgehead atoms. The van der Waals surface area contributed by atoms with Crippen molar-refractivity contribution in [1.82, 2.24) is 0 Å². The predicted molar refractivity (Wildman–Crippen MR) is 111 cm³/mol. The summed E-state index contributed by atoms with van der Waals surface area (Å²) in [6.07, 6.45) is -1.84. The lowest BCUT2D eigenvalue weighted by Crippen LogP contribution is -2.40. The molecule has 0 heterocycles. The van der Waals surface area contributed by atoms with Crippen molar-refractivity contribution in [2.45, 2.75) is 58.0 Å². The van der Waals surface area contributed by atoms with Gasteiger partial charge in [0.1, 0.15) is 0 Å². The zero-order valence-electron chi connectivity index (χ0n) is 17.5. The van der Waals surface area contributed by atoms with Crippen molar-refractivity contribution in [1.29, 1.82) is 0 Å². The van der Waals surface area contributed by atoms with Crippen LogP contribution in [0.3, 0.4) is 0 Å². The average molecular weight is 405 g/mol. The van der Waals surface area contributed by atoms with Gasteiger partial charge >= 0.3 is 0 Å². The smallest absolute Gasteiger partial charge is 0.169 e. The molecule has 2 atom stereocenters. The number of benzene rings is 1. The molecular formula is C23H32O6. The summed E-state index contributed by atoms with van der Waals surface area (Å²) in [4.78, 5) is 23.4. The van der Waals surface area contributed by atoms with Gasteiger partial charge in [0, 0.05) is 19.3 Å². The molecule has 0 saturated carbocycles. The number of Topliss-reactive ketones (excluding diaryl/α,β-unsaturated/α-hetero) is 2. The van der Waals surface area contributed by atoms with E-state index < -0.39 is 18.0 Å². The van der Waals surface area contributed by atoms with Gasteiger partial charge in [-0.15, -0.1) is 0 Å². The second kappa shape index (κ2) is 11.8. The molecule has 0 saturated heterocycles. The molecule has 29 heavy (non-hydrogen) atoms. The van der Waals surface area contributed by atoms with Crippen LogP contribution in [0, 0.1) is 0 Å². The maximum atomic E-state index is 11.7. The Labute approximate surface area is 172 Å². The zero-order chi connectivity index (χ0) is 22.0. The number of aliphatic hydroxyl groups is 2. The molecule has 0 aliphatic heterocycles. The van der Waals surface area contributed by atoms with Gasteiger partial charge in [0.05, 0.1) is 25.4 Å². The van der Waals surface area contributed by atoms with Crippen LogP contribution in [0.5, 0.6) is 0 Å². The Hall–Kier alpha value is -2.12. The van der Waals surface area contributed by atoms with E-state index >= 15 is 0 Å². The van der Waals surface area contributed by atoms with Crippen LogP contribution in [0.25, 0.3) is 0 Å². The fraction of sp³-hybridized carbons (Fsp3) is 0.478. The first kappa shape index (κ1) is 24.9. The highest BCUT2D eigenvalue weighted by Gasteiger charge is 2.29. The average Bonchev–Trinajstić information content (AvgIpc) is 2.65. The molecular weight excluding hydrogens is 372 g/mol. The minimum Gasteiger partial charge on any atom is -0.390 e. The number of carbonyl (C=O) groups excluding carboxylic acids is 2. The number of hydrogen-bond donors (Lipinski definition) is 2. The summed E-state index contributed by atoms with van der Waals surface area (Å²) in [5.41, 5.74) is 1.69. The molecule has 1 aromatic carbocycles. The van der Waals surface area contributed by atoms with Gasteiger partial charge in [-0.25, -0.2) is 0 Å². The Morgan fingerprint density at radius 3 is 1.72 bits per heavy atom. The van der Waals surface area contributed by atoms with E-state index in [4.69, 9.17) is 9.47 Å². The fourth-order valence-corrected chi connectivity index (χ4v) is 2.55. The Kier molecular flexibility index (Phi) is 10.1. The van der Waals surface area contributed by atoms with Gasteiger partial charge in [-0.1, -0.05) is 43.5 Å². The lowest BCUT2D eigenvalue weighted by molar-refractivity contribution is -0.243. The quantitative estimate of drug-likeness (QED) is 0.366. The van der Waals surface area contributed by atoms with Gasteiger partial charge < -0.3 is 19.7 Å². The standard InChI is InChI=1S/C23H32O6/c1-16(2)21(26)11-19(24)14-28-23(5,13-18-9-7-6-8-10-18)29-15-20(25)12-22(27)17(3)4/h6-10,19-20,24-25H,1,3,11-15H2,2,4-5H3. The lowest BCUT2D eigenvalue weighted by Gasteiger charge is -2.32. The van der Waals surface area contributed by atoms with Crippen LogP contribution in [0.15, 0.2) is 54.6 Å². The van der Waals surface area contributed by atoms with Crippen molar-refractivity contribution in [2.24, 2.45) is 0 Å². The van der Waals surface area contributed by atoms with Gasteiger partial charge in [0.2, 0.25) is 0 Å². The van der Waals surface area contributed by atoms with E-state index in [1.807, 2.05) is 30.3 Å². The van der Waals surface area contributed by atoms with E-state index in [0.717, 1.165) is 5.56 Å².